The second-order valence-corrected chi connectivity index (χ2v) is 8.87. The van der Waals surface area contributed by atoms with Crippen LogP contribution in [0.15, 0.2) is 54.3 Å². The molecular weight excluding hydrogens is 461 g/mol. The molecule has 168 valence electrons. The van der Waals surface area contributed by atoms with Crippen LogP contribution < -0.4 is 14.2 Å². The topological polar surface area (TPSA) is 48.0 Å². The third-order valence-corrected chi connectivity index (χ3v) is 6.57. The van der Waals surface area contributed by atoms with E-state index in [2.05, 4.69) is 4.90 Å². The van der Waals surface area contributed by atoms with Gasteiger partial charge in [0.05, 0.1) is 22.7 Å². The summed E-state index contributed by atoms with van der Waals surface area (Å²) < 4.78 is 17.5. The number of halogens is 2. The third kappa shape index (κ3) is 4.08. The number of carbonyl (C=O) groups excluding carboxylic acids is 1. The van der Waals surface area contributed by atoms with Crippen LogP contribution >= 0.6 is 23.2 Å². The van der Waals surface area contributed by atoms with Gasteiger partial charge in [-0.2, -0.15) is 0 Å². The predicted molar refractivity (Wildman–Crippen MR) is 128 cm³/mol. The Kier molecular flexibility index (Phi) is 5.79. The van der Waals surface area contributed by atoms with Crippen LogP contribution in [0, 0.1) is 6.92 Å². The van der Waals surface area contributed by atoms with Crippen LogP contribution in [0.5, 0.6) is 17.2 Å². The van der Waals surface area contributed by atoms with Crippen molar-refractivity contribution >= 4 is 35.1 Å². The van der Waals surface area contributed by atoms with Gasteiger partial charge in [0.15, 0.2) is 5.76 Å². The fraction of sp³-hybridized carbons (Fsp3) is 0.192. The second-order valence-electron chi connectivity index (χ2n) is 8.05. The monoisotopic (exact) mass is 481 g/mol. The summed E-state index contributed by atoms with van der Waals surface area (Å²) in [5, 5.41) is 0.878. The van der Waals surface area contributed by atoms with Gasteiger partial charge in [-0.05, 0) is 42.8 Å². The van der Waals surface area contributed by atoms with Gasteiger partial charge < -0.3 is 14.2 Å². The number of hydrogen-bond donors (Lipinski definition) is 0. The zero-order chi connectivity index (χ0) is 23.1. The molecule has 33 heavy (non-hydrogen) atoms. The van der Waals surface area contributed by atoms with Crippen molar-refractivity contribution in [3.8, 4) is 17.2 Å². The van der Waals surface area contributed by atoms with Crippen molar-refractivity contribution in [1.29, 1.82) is 0 Å². The number of para-hydroxylation sites is 1. The highest BCUT2D eigenvalue weighted by atomic mass is 35.5. The Bertz CT molecular complexity index is 1300. The SMILES string of the molecule is COc1ccccc1CN1COc2c(cc3c(c2C)O/C(=C\c2ccc(Cl)c(Cl)c2)C3=O)C1. The van der Waals surface area contributed by atoms with Gasteiger partial charge in [-0.1, -0.05) is 47.5 Å². The number of fused-ring (bicyclic) bond motifs is 2. The van der Waals surface area contributed by atoms with Gasteiger partial charge in [0.2, 0.25) is 5.78 Å². The van der Waals surface area contributed by atoms with Gasteiger partial charge in [0.25, 0.3) is 0 Å². The average Bonchev–Trinajstić information content (AvgIpc) is 3.12. The van der Waals surface area contributed by atoms with Crippen molar-refractivity contribution < 1.29 is 19.0 Å². The smallest absolute Gasteiger partial charge is 0.231 e. The maximum atomic E-state index is 13.1. The van der Waals surface area contributed by atoms with Crippen molar-refractivity contribution in [2.75, 3.05) is 13.8 Å². The zero-order valence-electron chi connectivity index (χ0n) is 18.2. The van der Waals surface area contributed by atoms with E-state index in [9.17, 15) is 4.79 Å². The van der Waals surface area contributed by atoms with E-state index in [4.69, 9.17) is 37.4 Å². The number of benzene rings is 3. The van der Waals surface area contributed by atoms with Gasteiger partial charge in [0.1, 0.15) is 24.0 Å². The van der Waals surface area contributed by atoms with Gasteiger partial charge in [0, 0.05) is 29.8 Å². The molecule has 0 aromatic heterocycles. The number of ether oxygens (including phenoxy) is 3. The molecule has 0 bridgehead atoms. The van der Waals surface area contributed by atoms with Crippen molar-refractivity contribution in [2.45, 2.75) is 20.0 Å². The number of ketones is 1. The standard InChI is InChI=1S/C26H21Cl2NO4/c1-15-25-18(13-29(14-32-25)12-17-5-3-4-6-22(17)31-2)11-19-24(30)23(33-26(15)19)10-16-7-8-20(27)21(28)9-16/h3-11H,12-14H2,1-2H3/b23-10-. The van der Waals surface area contributed by atoms with Crippen molar-refractivity contribution in [3.63, 3.8) is 0 Å². The quantitative estimate of drug-likeness (QED) is 0.410. The van der Waals surface area contributed by atoms with Crippen LogP contribution in [-0.2, 0) is 13.1 Å². The number of methoxy groups -OCH3 is 1. The van der Waals surface area contributed by atoms with E-state index >= 15 is 0 Å². The molecule has 0 atom stereocenters. The minimum Gasteiger partial charge on any atom is -0.496 e. The Morgan fingerprint density at radius 1 is 1.09 bits per heavy atom. The molecule has 0 unspecified atom stereocenters. The molecule has 0 N–H and O–H groups in total. The molecule has 2 heterocycles. The lowest BCUT2D eigenvalue weighted by Gasteiger charge is -2.30. The highest BCUT2D eigenvalue weighted by Crippen LogP contribution is 2.43. The molecule has 2 aliphatic heterocycles. The molecule has 0 saturated heterocycles. The Morgan fingerprint density at radius 3 is 2.70 bits per heavy atom. The molecule has 0 fully saturated rings. The summed E-state index contributed by atoms with van der Waals surface area (Å²) in [5.41, 5.74) is 4.14. The summed E-state index contributed by atoms with van der Waals surface area (Å²) in [5.74, 6) is 2.24. The van der Waals surface area contributed by atoms with E-state index in [1.807, 2.05) is 37.3 Å². The normalized spacial score (nSPS) is 16.2. The van der Waals surface area contributed by atoms with Crippen LogP contribution in [0.1, 0.15) is 32.6 Å². The second kappa shape index (κ2) is 8.75. The Balaban J connectivity index is 1.42. The van der Waals surface area contributed by atoms with Crippen LogP contribution in [0.4, 0.5) is 0 Å². The number of rotatable bonds is 4. The molecule has 0 radical (unpaired) electrons. The fourth-order valence-corrected chi connectivity index (χ4v) is 4.53. The highest BCUT2D eigenvalue weighted by Gasteiger charge is 2.33. The van der Waals surface area contributed by atoms with Gasteiger partial charge in [-0.3, -0.25) is 9.69 Å². The van der Waals surface area contributed by atoms with Crippen LogP contribution in [0.25, 0.3) is 6.08 Å². The zero-order valence-corrected chi connectivity index (χ0v) is 19.7. The summed E-state index contributed by atoms with van der Waals surface area (Å²) in [6, 6.07) is 15.0. The maximum Gasteiger partial charge on any atom is 0.231 e. The number of nitrogens with zero attached hydrogens (tertiary/aromatic N) is 1. The molecule has 5 nitrogen and oxygen atoms in total. The first-order valence-electron chi connectivity index (χ1n) is 10.5. The molecular formula is C26H21Cl2NO4. The molecule has 0 amide bonds. The Hall–Kier alpha value is -2.99. The molecule has 0 spiro atoms. The number of hydrogen-bond acceptors (Lipinski definition) is 5. The summed E-state index contributed by atoms with van der Waals surface area (Å²) in [6.45, 7) is 3.68. The van der Waals surface area contributed by atoms with E-state index in [1.54, 1.807) is 31.4 Å². The Labute approximate surface area is 202 Å². The largest absolute Gasteiger partial charge is 0.496 e. The molecule has 2 aliphatic rings. The molecule has 3 aromatic rings. The summed E-state index contributed by atoms with van der Waals surface area (Å²) in [4.78, 5) is 15.3. The van der Waals surface area contributed by atoms with Gasteiger partial charge in [-0.25, -0.2) is 0 Å². The lowest BCUT2D eigenvalue weighted by Crippen LogP contribution is -2.32. The van der Waals surface area contributed by atoms with E-state index < -0.39 is 0 Å². The molecule has 7 heteroatoms. The molecule has 0 saturated carbocycles. The van der Waals surface area contributed by atoms with Crippen molar-refractivity contribution in [3.05, 3.63) is 92.2 Å². The number of allylic oxidation sites excluding steroid dienone is 1. The minimum absolute atomic E-state index is 0.163. The first kappa shape index (κ1) is 21.8. The van der Waals surface area contributed by atoms with Crippen molar-refractivity contribution in [1.82, 2.24) is 4.90 Å². The minimum atomic E-state index is -0.163. The first-order valence-corrected chi connectivity index (χ1v) is 11.2. The summed E-state index contributed by atoms with van der Waals surface area (Å²) >= 11 is 12.1. The lowest BCUT2D eigenvalue weighted by molar-refractivity contribution is 0.0869. The van der Waals surface area contributed by atoms with E-state index in [-0.39, 0.29) is 11.5 Å². The predicted octanol–water partition coefficient (Wildman–Crippen LogP) is 6.28. The highest BCUT2D eigenvalue weighted by molar-refractivity contribution is 6.42. The molecule has 3 aromatic carbocycles. The lowest BCUT2D eigenvalue weighted by atomic mass is 9.99. The molecule has 5 rings (SSSR count). The van der Waals surface area contributed by atoms with Gasteiger partial charge >= 0.3 is 0 Å². The average molecular weight is 482 g/mol. The van der Waals surface area contributed by atoms with Crippen LogP contribution in [-0.4, -0.2) is 24.5 Å². The summed E-state index contributed by atoms with van der Waals surface area (Å²) in [7, 11) is 1.67. The van der Waals surface area contributed by atoms with E-state index in [0.717, 1.165) is 33.8 Å². The first-order chi connectivity index (χ1) is 15.9. The van der Waals surface area contributed by atoms with E-state index in [1.165, 1.54) is 0 Å². The van der Waals surface area contributed by atoms with Crippen LogP contribution in [0.2, 0.25) is 10.0 Å². The number of carbonyl (C=O) groups is 1. The van der Waals surface area contributed by atoms with Crippen molar-refractivity contribution in [2.24, 2.45) is 0 Å². The summed E-state index contributed by atoms with van der Waals surface area (Å²) in [6.07, 6.45) is 1.68. The van der Waals surface area contributed by atoms with Gasteiger partial charge in [-0.15, -0.1) is 0 Å². The fourth-order valence-electron chi connectivity index (χ4n) is 4.23. The maximum absolute atomic E-state index is 13.1. The number of Topliss-reactive ketones (excluding diaryl/α,β-unsaturated/α-hetero) is 1. The van der Waals surface area contributed by atoms with Crippen LogP contribution in [0.3, 0.4) is 0 Å². The molecule has 0 aliphatic carbocycles. The Morgan fingerprint density at radius 2 is 1.91 bits per heavy atom. The van der Waals surface area contributed by atoms with E-state index in [0.29, 0.717) is 41.2 Å². The third-order valence-electron chi connectivity index (χ3n) is 5.83.